The molecule has 8 heteroatoms. The Balaban J connectivity index is 1.44. The monoisotopic (exact) mass is 361 g/mol. The summed E-state index contributed by atoms with van der Waals surface area (Å²) in [6.45, 7) is 4.22. The van der Waals surface area contributed by atoms with Gasteiger partial charge in [0.05, 0.1) is 17.9 Å². The third kappa shape index (κ3) is 3.50. The van der Waals surface area contributed by atoms with Gasteiger partial charge in [-0.3, -0.25) is 4.40 Å². The lowest BCUT2D eigenvalue weighted by Crippen LogP contribution is -2.29. The van der Waals surface area contributed by atoms with E-state index in [4.69, 9.17) is 0 Å². The fourth-order valence-electron chi connectivity index (χ4n) is 2.95. The summed E-state index contributed by atoms with van der Waals surface area (Å²) in [5.74, 6) is 0.664. The molecule has 4 aromatic rings. The van der Waals surface area contributed by atoms with E-state index in [-0.39, 0.29) is 12.6 Å². The molecule has 0 bridgehead atoms. The number of hydrogen-bond donors (Lipinski definition) is 2. The molecule has 3 heterocycles. The molecule has 0 aliphatic heterocycles. The minimum absolute atomic E-state index is 0.272. The van der Waals surface area contributed by atoms with Crippen LogP contribution in [0.3, 0.4) is 0 Å². The predicted octanol–water partition coefficient (Wildman–Crippen LogP) is 2.85. The Labute approximate surface area is 155 Å². The number of pyridine rings is 1. The molecule has 136 valence electrons. The fourth-order valence-corrected chi connectivity index (χ4v) is 2.95. The van der Waals surface area contributed by atoms with Crippen LogP contribution in [0.5, 0.6) is 0 Å². The summed E-state index contributed by atoms with van der Waals surface area (Å²) in [5.41, 5.74) is 4.30. The number of nitrogens with one attached hydrogen (secondary N) is 2. The Morgan fingerprint density at radius 3 is 2.78 bits per heavy atom. The first-order valence-electron chi connectivity index (χ1n) is 8.57. The van der Waals surface area contributed by atoms with Gasteiger partial charge in [0.1, 0.15) is 0 Å². The molecule has 0 saturated carbocycles. The predicted molar refractivity (Wildman–Crippen MR) is 102 cm³/mol. The van der Waals surface area contributed by atoms with Gasteiger partial charge in [-0.1, -0.05) is 12.1 Å². The first-order valence-corrected chi connectivity index (χ1v) is 8.57. The van der Waals surface area contributed by atoms with Crippen molar-refractivity contribution in [1.82, 2.24) is 29.7 Å². The first kappa shape index (κ1) is 16.8. The molecule has 1 aromatic carbocycles. The second-order valence-electron chi connectivity index (χ2n) is 6.24. The number of nitrogens with zero attached hydrogens (tertiary/aromatic N) is 5. The molecular weight excluding hydrogens is 342 g/mol. The van der Waals surface area contributed by atoms with E-state index in [2.05, 4.69) is 25.9 Å². The van der Waals surface area contributed by atoms with Gasteiger partial charge in [0.15, 0.2) is 11.5 Å². The van der Waals surface area contributed by atoms with Crippen molar-refractivity contribution in [2.75, 3.05) is 5.32 Å². The van der Waals surface area contributed by atoms with E-state index in [0.29, 0.717) is 11.5 Å². The fraction of sp³-hybridized carbons (Fsp3) is 0.158. The number of carbonyl (C=O) groups is 1. The van der Waals surface area contributed by atoms with E-state index < -0.39 is 0 Å². The number of urea groups is 1. The zero-order chi connectivity index (χ0) is 18.8. The van der Waals surface area contributed by atoms with Crippen molar-refractivity contribution < 1.29 is 4.79 Å². The lowest BCUT2D eigenvalue weighted by Gasteiger charge is -2.09. The molecule has 2 N–H and O–H groups in total. The molecule has 0 aliphatic rings. The number of benzene rings is 1. The molecule has 27 heavy (non-hydrogen) atoms. The van der Waals surface area contributed by atoms with Crippen LogP contribution in [0.2, 0.25) is 0 Å². The van der Waals surface area contributed by atoms with Gasteiger partial charge >= 0.3 is 6.03 Å². The lowest BCUT2D eigenvalue weighted by molar-refractivity contribution is 0.251. The van der Waals surface area contributed by atoms with Gasteiger partial charge in [-0.15, -0.1) is 10.2 Å². The highest BCUT2D eigenvalue weighted by atomic mass is 16.2. The number of anilines is 1. The van der Waals surface area contributed by atoms with Gasteiger partial charge in [-0.2, -0.15) is 5.10 Å². The molecule has 4 rings (SSSR count). The second kappa shape index (κ2) is 6.91. The van der Waals surface area contributed by atoms with E-state index in [1.165, 1.54) is 0 Å². The molecule has 0 radical (unpaired) electrons. The van der Waals surface area contributed by atoms with Gasteiger partial charge in [-0.05, 0) is 50.2 Å². The SMILES string of the molecule is Cc1cc(C)n(-c2cccc(NC(=O)NCc3nnc4ccccn34)c2)n1. The number of amides is 2. The summed E-state index contributed by atoms with van der Waals surface area (Å²) in [6.07, 6.45) is 1.86. The molecule has 0 unspecified atom stereocenters. The molecule has 0 fully saturated rings. The summed E-state index contributed by atoms with van der Waals surface area (Å²) < 4.78 is 3.68. The number of fused-ring (bicyclic) bond motifs is 1. The van der Waals surface area contributed by atoms with Crippen molar-refractivity contribution in [2.24, 2.45) is 0 Å². The highest BCUT2D eigenvalue weighted by Crippen LogP contribution is 2.16. The van der Waals surface area contributed by atoms with Crippen molar-refractivity contribution in [3.63, 3.8) is 0 Å². The third-order valence-corrected chi connectivity index (χ3v) is 4.15. The van der Waals surface area contributed by atoms with Crippen molar-refractivity contribution in [3.8, 4) is 5.69 Å². The zero-order valence-electron chi connectivity index (χ0n) is 15.0. The average Bonchev–Trinajstić information content (AvgIpc) is 3.23. The lowest BCUT2D eigenvalue weighted by atomic mass is 10.2. The van der Waals surface area contributed by atoms with Crippen molar-refractivity contribution >= 4 is 17.4 Å². The normalized spacial score (nSPS) is 10.9. The van der Waals surface area contributed by atoms with Gasteiger partial charge in [0, 0.05) is 17.6 Å². The van der Waals surface area contributed by atoms with Crippen LogP contribution >= 0.6 is 0 Å². The van der Waals surface area contributed by atoms with Gasteiger partial charge in [-0.25, -0.2) is 9.48 Å². The van der Waals surface area contributed by atoms with Crippen molar-refractivity contribution in [1.29, 1.82) is 0 Å². The number of aryl methyl sites for hydroxylation is 2. The summed E-state index contributed by atoms with van der Waals surface area (Å²) >= 11 is 0. The summed E-state index contributed by atoms with van der Waals surface area (Å²) in [5, 5.41) is 18.3. The molecule has 0 atom stereocenters. The number of rotatable bonds is 4. The number of aromatic nitrogens is 5. The Morgan fingerprint density at radius 1 is 1.07 bits per heavy atom. The van der Waals surface area contributed by atoms with Crippen LogP contribution < -0.4 is 10.6 Å². The summed E-state index contributed by atoms with van der Waals surface area (Å²) in [4.78, 5) is 12.3. The van der Waals surface area contributed by atoms with E-state index >= 15 is 0 Å². The van der Waals surface area contributed by atoms with Crippen LogP contribution in [-0.4, -0.2) is 30.4 Å². The topological polar surface area (TPSA) is 89.1 Å². The zero-order valence-corrected chi connectivity index (χ0v) is 15.0. The minimum atomic E-state index is -0.312. The minimum Gasteiger partial charge on any atom is -0.331 e. The molecule has 3 aromatic heterocycles. The molecule has 0 aliphatic carbocycles. The first-order chi connectivity index (χ1) is 13.1. The van der Waals surface area contributed by atoms with Crippen molar-refractivity contribution in [2.45, 2.75) is 20.4 Å². The Morgan fingerprint density at radius 2 is 1.96 bits per heavy atom. The standard InChI is InChI=1S/C19H19N7O/c1-13-10-14(2)26(24-13)16-7-5-6-15(11-16)21-19(27)20-12-18-23-22-17-8-3-4-9-25(17)18/h3-11H,12H2,1-2H3,(H2,20,21,27). The largest absolute Gasteiger partial charge is 0.331 e. The Bertz CT molecular complexity index is 1110. The van der Waals surface area contributed by atoms with Crippen LogP contribution in [0.1, 0.15) is 17.2 Å². The van der Waals surface area contributed by atoms with E-state index in [1.54, 1.807) is 0 Å². The number of hydrogen-bond acceptors (Lipinski definition) is 4. The van der Waals surface area contributed by atoms with Crippen molar-refractivity contribution in [3.05, 3.63) is 71.9 Å². The van der Waals surface area contributed by atoms with Crippen LogP contribution in [0.4, 0.5) is 10.5 Å². The van der Waals surface area contributed by atoms with Crippen LogP contribution in [0.25, 0.3) is 11.3 Å². The molecule has 8 nitrogen and oxygen atoms in total. The van der Waals surface area contributed by atoms with Crippen LogP contribution in [-0.2, 0) is 6.54 Å². The summed E-state index contributed by atoms with van der Waals surface area (Å²) in [7, 11) is 0. The number of carbonyl (C=O) groups excluding carboxylic acids is 1. The smallest absolute Gasteiger partial charge is 0.319 e. The maximum atomic E-state index is 12.3. The van der Waals surface area contributed by atoms with E-state index in [1.807, 2.05) is 77.7 Å². The summed E-state index contributed by atoms with van der Waals surface area (Å²) in [6, 6.07) is 14.9. The van der Waals surface area contributed by atoms with E-state index in [9.17, 15) is 4.79 Å². The van der Waals surface area contributed by atoms with Crippen LogP contribution in [0.15, 0.2) is 54.7 Å². The third-order valence-electron chi connectivity index (χ3n) is 4.15. The maximum Gasteiger partial charge on any atom is 0.319 e. The highest BCUT2D eigenvalue weighted by molar-refractivity contribution is 5.89. The molecular formula is C19H19N7O. The highest BCUT2D eigenvalue weighted by Gasteiger charge is 2.09. The quantitative estimate of drug-likeness (QED) is 0.585. The molecule has 0 spiro atoms. The van der Waals surface area contributed by atoms with Gasteiger partial charge in [0.25, 0.3) is 0 Å². The maximum absolute atomic E-state index is 12.3. The Hall–Kier alpha value is -3.68. The Kier molecular flexibility index (Phi) is 4.29. The molecule has 2 amide bonds. The van der Waals surface area contributed by atoms with Gasteiger partial charge < -0.3 is 10.6 Å². The van der Waals surface area contributed by atoms with Gasteiger partial charge in [0.2, 0.25) is 0 Å². The average molecular weight is 361 g/mol. The molecule has 0 saturated heterocycles. The van der Waals surface area contributed by atoms with Crippen LogP contribution in [0, 0.1) is 13.8 Å². The second-order valence-corrected chi connectivity index (χ2v) is 6.24. The van der Waals surface area contributed by atoms with E-state index in [0.717, 1.165) is 22.7 Å².